The van der Waals surface area contributed by atoms with E-state index in [0.717, 1.165) is 13.0 Å². The van der Waals surface area contributed by atoms with Crippen molar-refractivity contribution in [3.05, 3.63) is 22.4 Å². The molecule has 0 aromatic carbocycles. The summed E-state index contributed by atoms with van der Waals surface area (Å²) in [5.41, 5.74) is 0. The molecule has 1 aromatic heterocycles. The second-order valence-corrected chi connectivity index (χ2v) is 4.62. The SMILES string of the molecule is C#CCCNC(c1cccs1)C(C)C. The first-order valence-electron chi connectivity index (χ1n) is 4.96. The van der Waals surface area contributed by atoms with E-state index in [2.05, 4.69) is 42.6 Å². The molecule has 0 radical (unpaired) electrons. The van der Waals surface area contributed by atoms with Crippen molar-refractivity contribution in [3.63, 3.8) is 0 Å². The van der Waals surface area contributed by atoms with E-state index in [1.165, 1.54) is 4.88 Å². The molecule has 1 aromatic rings. The molecule has 1 rings (SSSR count). The van der Waals surface area contributed by atoms with E-state index in [-0.39, 0.29) is 0 Å². The third kappa shape index (κ3) is 3.17. The fourth-order valence-corrected chi connectivity index (χ4v) is 2.41. The van der Waals surface area contributed by atoms with E-state index >= 15 is 0 Å². The van der Waals surface area contributed by atoms with Crippen molar-refractivity contribution in [2.24, 2.45) is 5.92 Å². The molecule has 1 N–H and O–H groups in total. The van der Waals surface area contributed by atoms with Gasteiger partial charge in [0.25, 0.3) is 0 Å². The highest BCUT2D eigenvalue weighted by molar-refractivity contribution is 7.10. The molecular formula is C12H17NS. The quantitative estimate of drug-likeness (QED) is 0.578. The molecule has 1 nitrogen and oxygen atoms in total. The van der Waals surface area contributed by atoms with Crippen LogP contribution in [0.5, 0.6) is 0 Å². The maximum atomic E-state index is 5.22. The van der Waals surface area contributed by atoms with Gasteiger partial charge in [-0.15, -0.1) is 23.7 Å². The third-order valence-electron chi connectivity index (χ3n) is 2.15. The lowest BCUT2D eigenvalue weighted by molar-refractivity contribution is 0.423. The molecule has 1 atom stereocenters. The van der Waals surface area contributed by atoms with Crippen LogP contribution in [-0.4, -0.2) is 6.54 Å². The second kappa shape index (κ2) is 5.85. The van der Waals surface area contributed by atoms with Gasteiger partial charge >= 0.3 is 0 Å². The average molecular weight is 207 g/mol. The van der Waals surface area contributed by atoms with Crippen molar-refractivity contribution in [1.82, 2.24) is 5.32 Å². The number of hydrogen-bond donors (Lipinski definition) is 1. The molecule has 2 heteroatoms. The van der Waals surface area contributed by atoms with Gasteiger partial charge in [-0.3, -0.25) is 0 Å². The molecule has 0 aliphatic heterocycles. The molecule has 0 amide bonds. The van der Waals surface area contributed by atoms with Crippen LogP contribution in [0.25, 0.3) is 0 Å². The molecule has 0 saturated carbocycles. The molecule has 0 aliphatic rings. The van der Waals surface area contributed by atoms with E-state index in [1.807, 2.05) is 0 Å². The van der Waals surface area contributed by atoms with Crippen molar-refractivity contribution >= 4 is 11.3 Å². The van der Waals surface area contributed by atoms with Crippen LogP contribution in [-0.2, 0) is 0 Å². The number of hydrogen-bond acceptors (Lipinski definition) is 2. The first-order valence-corrected chi connectivity index (χ1v) is 5.84. The molecule has 1 heterocycles. The van der Waals surface area contributed by atoms with E-state index in [9.17, 15) is 0 Å². The van der Waals surface area contributed by atoms with E-state index in [4.69, 9.17) is 6.42 Å². The van der Waals surface area contributed by atoms with Crippen molar-refractivity contribution in [1.29, 1.82) is 0 Å². The van der Waals surface area contributed by atoms with Crippen LogP contribution in [0.1, 0.15) is 31.2 Å². The topological polar surface area (TPSA) is 12.0 Å². The molecule has 0 aliphatic carbocycles. The fourth-order valence-electron chi connectivity index (χ4n) is 1.43. The zero-order valence-electron chi connectivity index (χ0n) is 8.79. The van der Waals surface area contributed by atoms with Crippen LogP contribution >= 0.6 is 11.3 Å². The normalized spacial score (nSPS) is 12.7. The maximum absolute atomic E-state index is 5.22. The monoisotopic (exact) mass is 207 g/mol. The first-order chi connectivity index (χ1) is 6.75. The molecule has 14 heavy (non-hydrogen) atoms. The van der Waals surface area contributed by atoms with E-state index in [1.54, 1.807) is 11.3 Å². The van der Waals surface area contributed by atoms with Crippen LogP contribution in [0.3, 0.4) is 0 Å². The molecule has 1 unspecified atom stereocenters. The summed E-state index contributed by atoms with van der Waals surface area (Å²) in [6, 6.07) is 4.72. The average Bonchev–Trinajstić information content (AvgIpc) is 2.64. The number of nitrogens with one attached hydrogen (secondary N) is 1. The highest BCUT2D eigenvalue weighted by Gasteiger charge is 2.15. The van der Waals surface area contributed by atoms with Gasteiger partial charge in [-0.05, 0) is 17.4 Å². The Balaban J connectivity index is 2.53. The van der Waals surface area contributed by atoms with Crippen LogP contribution < -0.4 is 5.32 Å². The predicted molar refractivity (Wildman–Crippen MR) is 63.4 cm³/mol. The Morgan fingerprint density at radius 1 is 1.57 bits per heavy atom. The smallest absolute Gasteiger partial charge is 0.0438 e. The molecule has 0 saturated heterocycles. The highest BCUT2D eigenvalue weighted by atomic mass is 32.1. The maximum Gasteiger partial charge on any atom is 0.0438 e. The Labute approximate surface area is 90.5 Å². The van der Waals surface area contributed by atoms with Crippen molar-refractivity contribution < 1.29 is 0 Å². The molecular weight excluding hydrogens is 190 g/mol. The van der Waals surface area contributed by atoms with Gasteiger partial charge in [-0.25, -0.2) is 0 Å². The minimum Gasteiger partial charge on any atom is -0.308 e. The van der Waals surface area contributed by atoms with Crippen LogP contribution in [0, 0.1) is 18.3 Å². The largest absolute Gasteiger partial charge is 0.308 e. The summed E-state index contributed by atoms with van der Waals surface area (Å²) in [6.07, 6.45) is 6.02. The summed E-state index contributed by atoms with van der Waals surface area (Å²) in [6.45, 7) is 5.36. The summed E-state index contributed by atoms with van der Waals surface area (Å²) >= 11 is 1.80. The molecule has 0 bridgehead atoms. The Kier molecular flexibility index (Phi) is 4.72. The van der Waals surface area contributed by atoms with Gasteiger partial charge in [0.1, 0.15) is 0 Å². The van der Waals surface area contributed by atoms with E-state index < -0.39 is 0 Å². The van der Waals surface area contributed by atoms with E-state index in [0.29, 0.717) is 12.0 Å². The lowest BCUT2D eigenvalue weighted by Gasteiger charge is -2.20. The molecule has 0 fully saturated rings. The summed E-state index contributed by atoms with van der Waals surface area (Å²) in [4.78, 5) is 1.40. The van der Waals surface area contributed by atoms with Gasteiger partial charge in [0, 0.05) is 23.9 Å². The van der Waals surface area contributed by atoms with Gasteiger partial charge in [0.05, 0.1) is 0 Å². The van der Waals surface area contributed by atoms with Gasteiger partial charge in [0.2, 0.25) is 0 Å². The van der Waals surface area contributed by atoms with Gasteiger partial charge in [-0.2, -0.15) is 0 Å². The van der Waals surface area contributed by atoms with Crippen LogP contribution in [0.15, 0.2) is 17.5 Å². The van der Waals surface area contributed by atoms with Gasteiger partial charge in [0.15, 0.2) is 0 Å². The summed E-state index contributed by atoms with van der Waals surface area (Å²) < 4.78 is 0. The number of thiophene rings is 1. The third-order valence-corrected chi connectivity index (χ3v) is 3.11. The minimum absolute atomic E-state index is 0.448. The highest BCUT2D eigenvalue weighted by Crippen LogP contribution is 2.25. The Morgan fingerprint density at radius 3 is 2.86 bits per heavy atom. The first kappa shape index (κ1) is 11.3. The van der Waals surface area contributed by atoms with Gasteiger partial charge in [-0.1, -0.05) is 19.9 Å². The Bertz CT molecular complexity index is 282. The number of terminal acetylenes is 1. The van der Waals surface area contributed by atoms with Crippen molar-refractivity contribution in [2.75, 3.05) is 6.54 Å². The van der Waals surface area contributed by atoms with Crippen LogP contribution in [0.2, 0.25) is 0 Å². The standard InChI is InChI=1S/C12H17NS/c1-4-5-8-13-12(10(2)3)11-7-6-9-14-11/h1,6-7,9-10,12-13H,5,8H2,2-3H3. The Hall–Kier alpha value is -0.780. The summed E-state index contributed by atoms with van der Waals surface area (Å²) in [5.74, 6) is 3.25. The number of rotatable bonds is 5. The van der Waals surface area contributed by atoms with Crippen LogP contribution in [0.4, 0.5) is 0 Å². The zero-order valence-corrected chi connectivity index (χ0v) is 9.60. The predicted octanol–water partition coefficient (Wildman–Crippen LogP) is 3.06. The fraction of sp³-hybridized carbons (Fsp3) is 0.500. The molecule has 0 spiro atoms. The zero-order chi connectivity index (χ0) is 10.4. The van der Waals surface area contributed by atoms with Crippen molar-refractivity contribution in [2.45, 2.75) is 26.3 Å². The lowest BCUT2D eigenvalue weighted by atomic mass is 10.0. The minimum atomic E-state index is 0.448. The van der Waals surface area contributed by atoms with Crippen molar-refractivity contribution in [3.8, 4) is 12.3 Å². The summed E-state index contributed by atoms with van der Waals surface area (Å²) in [5, 5.41) is 5.61. The second-order valence-electron chi connectivity index (χ2n) is 3.65. The molecule has 76 valence electrons. The van der Waals surface area contributed by atoms with Gasteiger partial charge < -0.3 is 5.32 Å². The lowest BCUT2D eigenvalue weighted by Crippen LogP contribution is -2.25. The Morgan fingerprint density at radius 2 is 2.36 bits per heavy atom. The summed E-state index contributed by atoms with van der Waals surface area (Å²) in [7, 11) is 0.